The smallest absolute Gasteiger partial charge is 0.191 e. The predicted molar refractivity (Wildman–Crippen MR) is 126 cm³/mol. The van der Waals surface area contributed by atoms with Crippen molar-refractivity contribution in [2.45, 2.75) is 27.2 Å². The maximum Gasteiger partial charge on any atom is 0.191 e. The summed E-state index contributed by atoms with van der Waals surface area (Å²) in [5.74, 6) is 0.866. The summed E-state index contributed by atoms with van der Waals surface area (Å²) in [6, 6.07) is 8.52. The van der Waals surface area contributed by atoms with Gasteiger partial charge in [-0.1, -0.05) is 18.2 Å². The maximum absolute atomic E-state index is 5.46. The number of ether oxygens (including phenoxy) is 2. The lowest BCUT2D eigenvalue weighted by molar-refractivity contribution is 0.0702. The zero-order valence-electron chi connectivity index (χ0n) is 17.3. The SMILES string of the molecule is CCNC(=NCCCOCCOC)NCCN(CC)c1ccccc1C.I. The molecule has 0 aliphatic heterocycles. The molecule has 0 unspecified atom stereocenters. The van der Waals surface area contributed by atoms with E-state index in [1.165, 1.54) is 11.3 Å². The summed E-state index contributed by atoms with van der Waals surface area (Å²) in [5, 5.41) is 6.72. The van der Waals surface area contributed by atoms with Crippen molar-refractivity contribution in [1.29, 1.82) is 0 Å². The van der Waals surface area contributed by atoms with Crippen molar-refractivity contribution < 1.29 is 9.47 Å². The lowest BCUT2D eigenvalue weighted by Gasteiger charge is -2.25. The quantitative estimate of drug-likeness (QED) is 0.192. The molecule has 6 nitrogen and oxygen atoms in total. The molecule has 1 aromatic carbocycles. The number of nitrogens with one attached hydrogen (secondary N) is 2. The van der Waals surface area contributed by atoms with Crippen LogP contribution < -0.4 is 15.5 Å². The molecule has 0 saturated carbocycles. The Labute approximate surface area is 182 Å². The third-order valence-electron chi connectivity index (χ3n) is 4.00. The van der Waals surface area contributed by atoms with Gasteiger partial charge in [0, 0.05) is 52.1 Å². The molecule has 0 amide bonds. The standard InChI is InChI=1S/C20H36N4O2.HI/c1-5-21-20(22-12-9-15-26-17-16-25-4)23-13-14-24(6-2)19-11-8-7-10-18(19)3;/h7-8,10-11H,5-6,9,12-17H2,1-4H3,(H2,21,22,23);1H. The van der Waals surface area contributed by atoms with Crippen LogP contribution in [0.15, 0.2) is 29.3 Å². The zero-order valence-corrected chi connectivity index (χ0v) is 19.6. The average Bonchev–Trinajstić information content (AvgIpc) is 2.65. The lowest BCUT2D eigenvalue weighted by atomic mass is 10.2. The van der Waals surface area contributed by atoms with Gasteiger partial charge in [0.15, 0.2) is 5.96 Å². The van der Waals surface area contributed by atoms with Crippen molar-refractivity contribution in [2.75, 3.05) is 64.6 Å². The largest absolute Gasteiger partial charge is 0.382 e. The van der Waals surface area contributed by atoms with Gasteiger partial charge in [0.25, 0.3) is 0 Å². The van der Waals surface area contributed by atoms with Gasteiger partial charge in [0.05, 0.1) is 13.2 Å². The Bertz CT molecular complexity index is 515. The highest BCUT2D eigenvalue weighted by Gasteiger charge is 2.06. The molecule has 0 bridgehead atoms. The third kappa shape index (κ3) is 11.4. The first-order chi connectivity index (χ1) is 12.7. The molecule has 0 aromatic heterocycles. The predicted octanol–water partition coefficient (Wildman–Crippen LogP) is 3.05. The van der Waals surface area contributed by atoms with Crippen LogP contribution in [0.4, 0.5) is 5.69 Å². The number of likely N-dealkylation sites (N-methyl/N-ethyl adjacent to an activating group) is 1. The molecule has 1 rings (SSSR count). The van der Waals surface area contributed by atoms with Gasteiger partial charge >= 0.3 is 0 Å². The maximum atomic E-state index is 5.46. The summed E-state index contributed by atoms with van der Waals surface area (Å²) in [6.07, 6.45) is 0.907. The molecule has 7 heteroatoms. The molecule has 0 aliphatic carbocycles. The highest BCUT2D eigenvalue weighted by Crippen LogP contribution is 2.18. The summed E-state index contributed by atoms with van der Waals surface area (Å²) in [5.41, 5.74) is 2.61. The molecule has 0 aliphatic rings. The Kier molecular flexibility index (Phi) is 16.4. The molecule has 0 heterocycles. The van der Waals surface area contributed by atoms with Crippen molar-refractivity contribution >= 4 is 35.6 Å². The van der Waals surface area contributed by atoms with Gasteiger partial charge in [-0.05, 0) is 38.8 Å². The molecule has 156 valence electrons. The van der Waals surface area contributed by atoms with Crippen LogP contribution in [0.25, 0.3) is 0 Å². The molecule has 2 N–H and O–H groups in total. The number of guanidine groups is 1. The molecule has 0 atom stereocenters. The van der Waals surface area contributed by atoms with Crippen LogP contribution in [-0.2, 0) is 9.47 Å². The number of benzene rings is 1. The first-order valence-electron chi connectivity index (χ1n) is 9.62. The van der Waals surface area contributed by atoms with E-state index in [0.717, 1.165) is 45.1 Å². The van der Waals surface area contributed by atoms with Crippen LogP contribution in [0.3, 0.4) is 0 Å². The number of halogens is 1. The van der Waals surface area contributed by atoms with Gasteiger partial charge in [-0.15, -0.1) is 24.0 Å². The number of hydrogen-bond acceptors (Lipinski definition) is 4. The minimum Gasteiger partial charge on any atom is -0.382 e. The molecule has 0 radical (unpaired) electrons. The third-order valence-corrected chi connectivity index (χ3v) is 4.00. The lowest BCUT2D eigenvalue weighted by Crippen LogP contribution is -2.42. The van der Waals surface area contributed by atoms with E-state index in [0.29, 0.717) is 19.8 Å². The highest BCUT2D eigenvalue weighted by atomic mass is 127. The molecule has 0 fully saturated rings. The number of para-hydroxylation sites is 1. The van der Waals surface area contributed by atoms with Gasteiger partial charge in [-0.3, -0.25) is 4.99 Å². The van der Waals surface area contributed by atoms with E-state index >= 15 is 0 Å². The van der Waals surface area contributed by atoms with Crippen molar-refractivity contribution in [2.24, 2.45) is 4.99 Å². The van der Waals surface area contributed by atoms with Crippen molar-refractivity contribution in [3.8, 4) is 0 Å². The molecule has 0 saturated heterocycles. The molecule has 0 spiro atoms. The number of hydrogen-bond donors (Lipinski definition) is 2. The van der Waals surface area contributed by atoms with Crippen molar-refractivity contribution in [3.63, 3.8) is 0 Å². The molecular weight excluding hydrogens is 455 g/mol. The first kappa shape index (κ1) is 25.9. The van der Waals surface area contributed by atoms with Crippen LogP contribution >= 0.6 is 24.0 Å². The minimum atomic E-state index is 0. The monoisotopic (exact) mass is 492 g/mol. The fourth-order valence-corrected chi connectivity index (χ4v) is 2.62. The molecular formula is C20H37IN4O2. The van der Waals surface area contributed by atoms with E-state index < -0.39 is 0 Å². The number of methoxy groups -OCH3 is 1. The summed E-state index contributed by atoms with van der Waals surface area (Å²) in [4.78, 5) is 6.99. The Balaban J connectivity index is 0.00000676. The number of anilines is 1. The van der Waals surface area contributed by atoms with Gasteiger partial charge in [-0.2, -0.15) is 0 Å². The van der Waals surface area contributed by atoms with E-state index in [2.05, 4.69) is 65.6 Å². The van der Waals surface area contributed by atoms with Crippen LogP contribution in [0.5, 0.6) is 0 Å². The second-order valence-electron chi connectivity index (χ2n) is 6.01. The number of rotatable bonds is 13. The van der Waals surface area contributed by atoms with Crippen LogP contribution in [0, 0.1) is 6.92 Å². The van der Waals surface area contributed by atoms with Crippen LogP contribution in [0.1, 0.15) is 25.8 Å². The second kappa shape index (κ2) is 17.1. The second-order valence-corrected chi connectivity index (χ2v) is 6.01. The van der Waals surface area contributed by atoms with Gasteiger partial charge in [0.2, 0.25) is 0 Å². The molecule has 1 aromatic rings. The normalized spacial score (nSPS) is 11.0. The minimum absolute atomic E-state index is 0. The van der Waals surface area contributed by atoms with Crippen molar-refractivity contribution in [3.05, 3.63) is 29.8 Å². The average molecular weight is 492 g/mol. The Morgan fingerprint density at radius 3 is 2.56 bits per heavy atom. The van der Waals surface area contributed by atoms with Gasteiger partial charge < -0.3 is 25.0 Å². The van der Waals surface area contributed by atoms with Crippen LogP contribution in [-0.4, -0.2) is 65.6 Å². The summed E-state index contributed by atoms with van der Waals surface area (Å²) < 4.78 is 10.4. The zero-order chi connectivity index (χ0) is 19.0. The topological polar surface area (TPSA) is 58.1 Å². The van der Waals surface area contributed by atoms with Crippen LogP contribution in [0.2, 0.25) is 0 Å². The van der Waals surface area contributed by atoms with Gasteiger partial charge in [0.1, 0.15) is 0 Å². The van der Waals surface area contributed by atoms with E-state index in [4.69, 9.17) is 9.47 Å². The summed E-state index contributed by atoms with van der Waals surface area (Å²) >= 11 is 0. The summed E-state index contributed by atoms with van der Waals surface area (Å²) in [7, 11) is 1.68. The fraction of sp³-hybridized carbons (Fsp3) is 0.650. The number of aliphatic imine (C=N–C) groups is 1. The Morgan fingerprint density at radius 2 is 1.89 bits per heavy atom. The highest BCUT2D eigenvalue weighted by molar-refractivity contribution is 14.0. The fourth-order valence-electron chi connectivity index (χ4n) is 2.62. The van der Waals surface area contributed by atoms with E-state index in [-0.39, 0.29) is 24.0 Å². The Hall–Kier alpha value is -1.06. The van der Waals surface area contributed by atoms with Gasteiger partial charge in [-0.25, -0.2) is 0 Å². The Morgan fingerprint density at radius 1 is 1.11 bits per heavy atom. The number of nitrogens with zero attached hydrogens (tertiary/aromatic N) is 2. The number of aryl methyl sites for hydroxylation is 1. The van der Waals surface area contributed by atoms with Crippen molar-refractivity contribution in [1.82, 2.24) is 10.6 Å². The molecule has 27 heavy (non-hydrogen) atoms. The van der Waals surface area contributed by atoms with E-state index in [9.17, 15) is 0 Å². The van der Waals surface area contributed by atoms with E-state index in [1.807, 2.05) is 0 Å². The first-order valence-corrected chi connectivity index (χ1v) is 9.62. The van der Waals surface area contributed by atoms with E-state index in [1.54, 1.807) is 7.11 Å². The summed E-state index contributed by atoms with van der Waals surface area (Å²) in [6.45, 7) is 12.8.